The van der Waals surface area contributed by atoms with Crippen LogP contribution in [0.25, 0.3) is 0 Å². The summed E-state index contributed by atoms with van der Waals surface area (Å²) in [5, 5.41) is 3.36. The van der Waals surface area contributed by atoms with Crippen molar-refractivity contribution in [2.24, 2.45) is 0 Å². The molecule has 0 saturated carbocycles. The van der Waals surface area contributed by atoms with Crippen molar-refractivity contribution in [3.05, 3.63) is 11.6 Å². The van der Waals surface area contributed by atoms with Crippen LogP contribution in [-0.2, 0) is 9.84 Å². The first-order chi connectivity index (χ1) is 9.65. The molecule has 0 amide bonds. The molecule has 1 saturated heterocycles. The summed E-state index contributed by atoms with van der Waals surface area (Å²) < 4.78 is 24.9. The summed E-state index contributed by atoms with van der Waals surface area (Å²) in [6.07, 6.45) is 12.0. The predicted molar refractivity (Wildman–Crippen MR) is 84.7 cm³/mol. The Morgan fingerprint density at radius 1 is 1.25 bits per heavy atom. The Bertz CT molecular complexity index is 428. The van der Waals surface area contributed by atoms with Gasteiger partial charge in [0.25, 0.3) is 0 Å². The molecule has 1 heterocycles. The molecule has 1 N–H and O–H groups in total. The lowest BCUT2D eigenvalue weighted by molar-refractivity contribution is 0.460. The van der Waals surface area contributed by atoms with Gasteiger partial charge >= 0.3 is 0 Å². The van der Waals surface area contributed by atoms with Crippen molar-refractivity contribution in [3.8, 4) is 0 Å². The molecule has 2 aliphatic rings. The molecule has 0 aromatic rings. The minimum atomic E-state index is -2.92. The normalized spacial score (nSPS) is 28.4. The molecule has 116 valence electrons. The molecule has 2 unspecified atom stereocenters. The summed E-state index contributed by atoms with van der Waals surface area (Å²) in [7, 11) is -2.92. The van der Waals surface area contributed by atoms with Gasteiger partial charge in [0.1, 0.15) is 0 Å². The van der Waals surface area contributed by atoms with E-state index in [1.54, 1.807) is 0 Å². The van der Waals surface area contributed by atoms with Gasteiger partial charge < -0.3 is 5.32 Å². The van der Waals surface area contributed by atoms with Gasteiger partial charge in [0.05, 0.1) is 11.0 Å². The molecular formula is C16H29NO2S. The molecule has 3 nitrogen and oxygen atoms in total. The molecule has 2 atom stereocenters. The quantitative estimate of drug-likeness (QED) is 0.793. The van der Waals surface area contributed by atoms with Gasteiger partial charge in [-0.3, -0.25) is 0 Å². The third-order valence-electron chi connectivity index (χ3n) is 4.59. The van der Waals surface area contributed by atoms with E-state index in [-0.39, 0.29) is 11.3 Å². The molecule has 1 fully saturated rings. The zero-order chi connectivity index (χ0) is 14.4. The van der Waals surface area contributed by atoms with Crippen molar-refractivity contribution in [2.75, 3.05) is 12.3 Å². The standard InChI is InChI=1S/C16H29NO2S/c1-2-12-17-16(14-9-5-3-4-6-10-14)15-11-7-8-13-20(15,18)19/h9,15-17H,2-8,10-13H2,1H3. The van der Waals surface area contributed by atoms with Crippen LogP contribution in [0.2, 0.25) is 0 Å². The predicted octanol–water partition coefficient (Wildman–Crippen LogP) is 3.21. The number of allylic oxidation sites excluding steroid dienone is 1. The van der Waals surface area contributed by atoms with E-state index in [9.17, 15) is 8.42 Å². The lowest BCUT2D eigenvalue weighted by Crippen LogP contribution is -2.48. The molecule has 1 aliphatic carbocycles. The van der Waals surface area contributed by atoms with Crippen LogP contribution in [0.1, 0.15) is 64.7 Å². The Hall–Kier alpha value is -0.350. The Morgan fingerprint density at radius 2 is 2.10 bits per heavy atom. The van der Waals surface area contributed by atoms with Crippen molar-refractivity contribution >= 4 is 9.84 Å². The first kappa shape index (κ1) is 16.0. The van der Waals surface area contributed by atoms with Crippen molar-refractivity contribution in [1.82, 2.24) is 5.32 Å². The number of nitrogens with one attached hydrogen (secondary N) is 1. The van der Waals surface area contributed by atoms with Gasteiger partial charge in [-0.15, -0.1) is 0 Å². The fourth-order valence-electron chi connectivity index (χ4n) is 3.48. The first-order valence-corrected chi connectivity index (χ1v) is 10.0. The largest absolute Gasteiger partial charge is 0.309 e. The summed E-state index contributed by atoms with van der Waals surface area (Å²) >= 11 is 0. The van der Waals surface area contributed by atoms with Gasteiger partial charge in [0.2, 0.25) is 0 Å². The lowest BCUT2D eigenvalue weighted by Gasteiger charge is -2.32. The number of rotatable bonds is 5. The second-order valence-corrected chi connectivity index (χ2v) is 8.55. The molecule has 0 bridgehead atoms. The third kappa shape index (κ3) is 4.08. The first-order valence-electron chi connectivity index (χ1n) is 8.29. The minimum Gasteiger partial charge on any atom is -0.309 e. The van der Waals surface area contributed by atoms with Crippen LogP contribution in [0.5, 0.6) is 0 Å². The van der Waals surface area contributed by atoms with Gasteiger partial charge in [-0.05, 0) is 51.5 Å². The van der Waals surface area contributed by atoms with Crippen molar-refractivity contribution in [3.63, 3.8) is 0 Å². The lowest BCUT2D eigenvalue weighted by atomic mass is 9.95. The van der Waals surface area contributed by atoms with E-state index in [4.69, 9.17) is 0 Å². The Labute approximate surface area is 124 Å². The fraction of sp³-hybridized carbons (Fsp3) is 0.875. The van der Waals surface area contributed by atoms with E-state index in [0.29, 0.717) is 5.75 Å². The average molecular weight is 299 g/mol. The highest BCUT2D eigenvalue weighted by atomic mass is 32.2. The van der Waals surface area contributed by atoms with E-state index in [1.165, 1.54) is 24.8 Å². The van der Waals surface area contributed by atoms with Crippen LogP contribution >= 0.6 is 0 Å². The maximum atomic E-state index is 12.4. The SMILES string of the molecule is CCCNC(C1=CCCCCC1)C1CCCCS1(=O)=O. The highest BCUT2D eigenvalue weighted by molar-refractivity contribution is 7.92. The molecule has 1 aliphatic heterocycles. The van der Waals surface area contributed by atoms with E-state index in [2.05, 4.69) is 18.3 Å². The maximum Gasteiger partial charge on any atom is 0.155 e. The monoisotopic (exact) mass is 299 g/mol. The van der Waals surface area contributed by atoms with E-state index < -0.39 is 9.84 Å². The van der Waals surface area contributed by atoms with Gasteiger partial charge in [0.15, 0.2) is 9.84 Å². The van der Waals surface area contributed by atoms with Crippen LogP contribution in [-0.4, -0.2) is 32.0 Å². The van der Waals surface area contributed by atoms with E-state index >= 15 is 0 Å². The maximum absolute atomic E-state index is 12.4. The smallest absolute Gasteiger partial charge is 0.155 e. The van der Waals surface area contributed by atoms with Crippen LogP contribution in [0.4, 0.5) is 0 Å². The number of hydrogen-bond donors (Lipinski definition) is 1. The number of sulfone groups is 1. The summed E-state index contributed by atoms with van der Waals surface area (Å²) in [5.74, 6) is 0.384. The Kier molecular flexibility index (Phi) is 6.09. The van der Waals surface area contributed by atoms with Gasteiger partial charge in [-0.25, -0.2) is 8.42 Å². The summed E-state index contributed by atoms with van der Waals surface area (Å²) in [6.45, 7) is 3.05. The van der Waals surface area contributed by atoms with Gasteiger partial charge in [-0.2, -0.15) is 0 Å². The van der Waals surface area contributed by atoms with E-state index in [1.807, 2.05) is 0 Å². The number of hydrogen-bond acceptors (Lipinski definition) is 3. The van der Waals surface area contributed by atoms with Crippen molar-refractivity contribution in [1.29, 1.82) is 0 Å². The second-order valence-electron chi connectivity index (χ2n) is 6.21. The highest BCUT2D eigenvalue weighted by Crippen LogP contribution is 2.29. The summed E-state index contributed by atoms with van der Waals surface area (Å²) in [5.41, 5.74) is 1.37. The second kappa shape index (κ2) is 7.60. The van der Waals surface area contributed by atoms with Crippen LogP contribution < -0.4 is 5.32 Å². The molecule has 20 heavy (non-hydrogen) atoms. The molecule has 0 spiro atoms. The molecule has 2 rings (SSSR count). The van der Waals surface area contributed by atoms with Crippen molar-refractivity contribution in [2.45, 2.75) is 76.0 Å². The van der Waals surface area contributed by atoms with Crippen molar-refractivity contribution < 1.29 is 8.42 Å². The average Bonchev–Trinajstić information content (AvgIpc) is 2.69. The fourth-order valence-corrected chi connectivity index (χ4v) is 5.60. The Morgan fingerprint density at radius 3 is 2.85 bits per heavy atom. The summed E-state index contributed by atoms with van der Waals surface area (Å²) in [6, 6.07) is 0.0679. The Balaban J connectivity index is 2.19. The molecule has 4 heteroatoms. The zero-order valence-corrected chi connectivity index (χ0v) is 13.6. The van der Waals surface area contributed by atoms with Crippen LogP contribution in [0.15, 0.2) is 11.6 Å². The highest BCUT2D eigenvalue weighted by Gasteiger charge is 2.36. The van der Waals surface area contributed by atoms with Gasteiger partial charge in [0, 0.05) is 6.04 Å². The summed E-state index contributed by atoms with van der Waals surface area (Å²) in [4.78, 5) is 0. The van der Waals surface area contributed by atoms with Crippen LogP contribution in [0.3, 0.4) is 0 Å². The third-order valence-corrected chi connectivity index (χ3v) is 6.88. The van der Waals surface area contributed by atoms with E-state index in [0.717, 1.165) is 45.1 Å². The minimum absolute atomic E-state index is 0.0679. The van der Waals surface area contributed by atoms with Gasteiger partial charge in [-0.1, -0.05) is 31.4 Å². The molecule has 0 aromatic carbocycles. The molecule has 0 aromatic heterocycles. The molecule has 0 radical (unpaired) electrons. The zero-order valence-electron chi connectivity index (χ0n) is 12.7. The van der Waals surface area contributed by atoms with Crippen LogP contribution in [0, 0.1) is 0 Å². The molecular weight excluding hydrogens is 270 g/mol. The topological polar surface area (TPSA) is 46.2 Å².